The summed E-state index contributed by atoms with van der Waals surface area (Å²) in [5.41, 5.74) is 1.00. The molecule has 1 fully saturated rings. The van der Waals surface area contributed by atoms with Crippen molar-refractivity contribution in [1.29, 1.82) is 0 Å². The van der Waals surface area contributed by atoms with Crippen LogP contribution in [0.4, 0.5) is 0 Å². The van der Waals surface area contributed by atoms with Crippen molar-refractivity contribution in [2.45, 2.75) is 57.2 Å². The molecule has 1 aromatic carbocycles. The van der Waals surface area contributed by atoms with Gasteiger partial charge in [0.05, 0.1) is 18.8 Å². The van der Waals surface area contributed by atoms with Gasteiger partial charge in [0.15, 0.2) is 5.96 Å². The highest BCUT2D eigenvalue weighted by Gasteiger charge is 2.21. The zero-order chi connectivity index (χ0) is 22.1. The van der Waals surface area contributed by atoms with E-state index in [9.17, 15) is 0 Å². The van der Waals surface area contributed by atoms with E-state index in [1.54, 1.807) is 0 Å². The number of oxazole rings is 1. The minimum atomic E-state index is 0.434. The molecular weight excluding hydrogens is 406 g/mol. The van der Waals surface area contributed by atoms with Crippen LogP contribution in [0.2, 0.25) is 0 Å². The average Bonchev–Trinajstić information content (AvgIpc) is 3.08. The summed E-state index contributed by atoms with van der Waals surface area (Å²) in [7, 11) is 0. The number of piperidine rings is 1. The molecule has 3 rings (SSSR count). The molecule has 1 aliphatic rings. The lowest BCUT2D eigenvalue weighted by Crippen LogP contribution is -2.43. The van der Waals surface area contributed by atoms with Crippen LogP contribution in [0.15, 0.2) is 44.6 Å². The van der Waals surface area contributed by atoms with Gasteiger partial charge in [-0.3, -0.25) is 9.89 Å². The number of aliphatic imine (C=N–C) groups is 1. The monoisotopic (exact) mass is 443 g/mol. The first-order valence-corrected chi connectivity index (χ1v) is 12.3. The third kappa shape index (κ3) is 7.89. The molecule has 1 aromatic heterocycles. The highest BCUT2D eigenvalue weighted by atomic mass is 32.2. The molecule has 2 aromatic rings. The van der Waals surface area contributed by atoms with Gasteiger partial charge in [0, 0.05) is 23.2 Å². The molecule has 0 radical (unpaired) electrons. The minimum Gasteiger partial charge on any atom is -0.444 e. The topological polar surface area (TPSA) is 65.7 Å². The van der Waals surface area contributed by atoms with Crippen molar-refractivity contribution in [2.75, 3.05) is 32.7 Å². The molecule has 0 aliphatic carbocycles. The fourth-order valence-corrected chi connectivity index (χ4v) is 4.65. The van der Waals surface area contributed by atoms with Crippen LogP contribution in [0, 0.1) is 19.8 Å². The van der Waals surface area contributed by atoms with Crippen LogP contribution in [-0.2, 0) is 6.54 Å². The van der Waals surface area contributed by atoms with E-state index >= 15 is 0 Å². The average molecular weight is 444 g/mol. The largest absolute Gasteiger partial charge is 0.444 e. The van der Waals surface area contributed by atoms with Crippen LogP contribution in [-0.4, -0.2) is 53.8 Å². The third-order valence-electron chi connectivity index (χ3n) is 5.63. The Morgan fingerprint density at radius 1 is 1.23 bits per heavy atom. The van der Waals surface area contributed by atoms with Crippen LogP contribution in [0.3, 0.4) is 0 Å². The first kappa shape index (κ1) is 23.7. The number of nitrogens with zero attached hydrogens (tertiary/aromatic N) is 3. The van der Waals surface area contributed by atoms with E-state index in [2.05, 4.69) is 64.7 Å². The second-order valence-electron chi connectivity index (χ2n) is 8.31. The Balaban J connectivity index is 1.40. The molecule has 1 aliphatic heterocycles. The SMILES string of the molecule is CCNC(=NCC(C)Sc1ccccc1)NCC1CCN(Cc2nc(C)c(C)o2)CC1. The van der Waals surface area contributed by atoms with E-state index < -0.39 is 0 Å². The summed E-state index contributed by atoms with van der Waals surface area (Å²) in [5.74, 6) is 3.37. The molecule has 0 spiro atoms. The van der Waals surface area contributed by atoms with Gasteiger partial charge < -0.3 is 15.1 Å². The lowest BCUT2D eigenvalue weighted by Gasteiger charge is -2.31. The van der Waals surface area contributed by atoms with E-state index in [4.69, 9.17) is 9.41 Å². The summed E-state index contributed by atoms with van der Waals surface area (Å²) in [5, 5.41) is 7.39. The number of rotatable bonds is 9. The predicted molar refractivity (Wildman–Crippen MR) is 130 cm³/mol. The molecule has 170 valence electrons. The molecule has 0 bridgehead atoms. The quantitative estimate of drug-likeness (QED) is 0.343. The van der Waals surface area contributed by atoms with Gasteiger partial charge in [0.1, 0.15) is 5.76 Å². The molecule has 0 saturated carbocycles. The van der Waals surface area contributed by atoms with Gasteiger partial charge in [-0.2, -0.15) is 0 Å². The van der Waals surface area contributed by atoms with Crippen LogP contribution in [0.5, 0.6) is 0 Å². The number of guanidine groups is 1. The normalized spacial score (nSPS) is 17.0. The molecule has 7 heteroatoms. The minimum absolute atomic E-state index is 0.434. The molecule has 0 amide bonds. The van der Waals surface area contributed by atoms with Gasteiger partial charge in [0.25, 0.3) is 0 Å². The first-order valence-electron chi connectivity index (χ1n) is 11.4. The second-order valence-corrected chi connectivity index (χ2v) is 9.82. The highest BCUT2D eigenvalue weighted by molar-refractivity contribution is 8.00. The Kier molecular flexibility index (Phi) is 9.28. The van der Waals surface area contributed by atoms with Crippen molar-refractivity contribution in [3.63, 3.8) is 0 Å². The number of nitrogens with one attached hydrogen (secondary N) is 2. The predicted octanol–water partition coefficient (Wildman–Crippen LogP) is 4.24. The maximum absolute atomic E-state index is 5.74. The Morgan fingerprint density at radius 3 is 2.61 bits per heavy atom. The highest BCUT2D eigenvalue weighted by Crippen LogP contribution is 2.23. The van der Waals surface area contributed by atoms with Gasteiger partial charge >= 0.3 is 0 Å². The Morgan fingerprint density at radius 2 is 1.97 bits per heavy atom. The van der Waals surface area contributed by atoms with E-state index in [1.165, 1.54) is 17.7 Å². The summed E-state index contributed by atoms with van der Waals surface area (Å²) >= 11 is 1.87. The van der Waals surface area contributed by atoms with Gasteiger partial charge in [-0.05, 0) is 64.8 Å². The van der Waals surface area contributed by atoms with Gasteiger partial charge in [0.2, 0.25) is 5.89 Å². The molecule has 1 atom stereocenters. The van der Waals surface area contributed by atoms with Gasteiger partial charge in [-0.1, -0.05) is 25.1 Å². The van der Waals surface area contributed by atoms with Crippen molar-refractivity contribution >= 4 is 17.7 Å². The molecule has 2 heterocycles. The third-order valence-corrected chi connectivity index (χ3v) is 6.72. The maximum Gasteiger partial charge on any atom is 0.208 e. The molecule has 1 unspecified atom stereocenters. The van der Waals surface area contributed by atoms with Crippen LogP contribution < -0.4 is 10.6 Å². The van der Waals surface area contributed by atoms with Gasteiger partial charge in [-0.15, -0.1) is 11.8 Å². The van der Waals surface area contributed by atoms with Crippen LogP contribution in [0.25, 0.3) is 0 Å². The molecule has 1 saturated heterocycles. The Hall–Kier alpha value is -1.99. The lowest BCUT2D eigenvalue weighted by atomic mass is 9.97. The van der Waals surface area contributed by atoms with Crippen molar-refractivity contribution in [3.8, 4) is 0 Å². The number of aromatic nitrogens is 1. The van der Waals surface area contributed by atoms with Crippen LogP contribution in [0.1, 0.15) is 44.0 Å². The van der Waals surface area contributed by atoms with E-state index in [-0.39, 0.29) is 0 Å². The van der Waals surface area contributed by atoms with Crippen molar-refractivity contribution < 1.29 is 4.42 Å². The Labute approximate surface area is 191 Å². The molecule has 2 N–H and O–H groups in total. The lowest BCUT2D eigenvalue weighted by molar-refractivity contribution is 0.164. The standard InChI is InChI=1S/C24H37N5OS/c1-5-25-24(26-15-18(2)31-22-9-7-6-8-10-22)27-16-21-11-13-29(14-12-21)17-23-28-19(3)20(4)30-23/h6-10,18,21H,5,11-17H2,1-4H3,(H2,25,26,27). The Bertz CT molecular complexity index is 795. The number of hydrogen-bond donors (Lipinski definition) is 2. The van der Waals surface area contributed by atoms with Crippen molar-refractivity contribution in [3.05, 3.63) is 47.7 Å². The summed E-state index contributed by atoms with van der Waals surface area (Å²) in [6.07, 6.45) is 2.37. The fourth-order valence-electron chi connectivity index (χ4n) is 3.72. The van der Waals surface area contributed by atoms with Gasteiger partial charge in [-0.25, -0.2) is 4.98 Å². The molecular formula is C24H37N5OS. The number of hydrogen-bond acceptors (Lipinski definition) is 5. The van der Waals surface area contributed by atoms with Crippen molar-refractivity contribution in [2.24, 2.45) is 10.9 Å². The maximum atomic E-state index is 5.74. The van der Waals surface area contributed by atoms with E-state index in [0.29, 0.717) is 11.2 Å². The van der Waals surface area contributed by atoms with Crippen LogP contribution >= 0.6 is 11.8 Å². The van der Waals surface area contributed by atoms with Crippen molar-refractivity contribution in [1.82, 2.24) is 20.5 Å². The second kappa shape index (κ2) is 12.2. The zero-order valence-corrected chi connectivity index (χ0v) is 20.2. The molecule has 31 heavy (non-hydrogen) atoms. The number of aryl methyl sites for hydroxylation is 2. The summed E-state index contributed by atoms with van der Waals surface area (Å²) in [4.78, 5) is 13.1. The van der Waals surface area contributed by atoms with E-state index in [0.717, 1.165) is 62.6 Å². The number of benzene rings is 1. The fraction of sp³-hybridized carbons (Fsp3) is 0.583. The smallest absolute Gasteiger partial charge is 0.208 e. The first-order chi connectivity index (χ1) is 15.0. The molecule has 6 nitrogen and oxygen atoms in total. The number of likely N-dealkylation sites (tertiary alicyclic amines) is 1. The summed E-state index contributed by atoms with van der Waals surface area (Å²) in [6, 6.07) is 10.5. The number of thioether (sulfide) groups is 1. The summed E-state index contributed by atoms with van der Waals surface area (Å²) in [6.45, 7) is 14.0. The van der Waals surface area contributed by atoms with E-state index in [1.807, 2.05) is 25.6 Å². The zero-order valence-electron chi connectivity index (χ0n) is 19.4. The summed E-state index contributed by atoms with van der Waals surface area (Å²) < 4.78 is 5.74.